The monoisotopic (exact) mass is 235 g/mol. The first-order chi connectivity index (χ1) is 7.62. The molecule has 0 heterocycles. The average molecular weight is 235 g/mol. The first-order valence-corrected chi connectivity index (χ1v) is 6.76. The normalized spacial score (nSPS) is 11.6. The summed E-state index contributed by atoms with van der Waals surface area (Å²) in [6.45, 7) is 1.62. The molecule has 0 saturated heterocycles. The number of fused-ring (bicyclic) bond motifs is 1. The van der Waals surface area contributed by atoms with Gasteiger partial charge in [0.1, 0.15) is 0 Å². The van der Waals surface area contributed by atoms with Gasteiger partial charge in [0, 0.05) is 5.39 Å². The van der Waals surface area contributed by atoms with Crippen molar-refractivity contribution in [3.05, 3.63) is 42.5 Å². The van der Waals surface area contributed by atoms with Gasteiger partial charge in [0.15, 0.2) is 0 Å². The molecular formula is C12H13NO2S. The maximum Gasteiger partial charge on any atom is 0.232 e. The van der Waals surface area contributed by atoms with Crippen LogP contribution in [-0.4, -0.2) is 14.2 Å². The van der Waals surface area contributed by atoms with Gasteiger partial charge < -0.3 is 0 Å². The van der Waals surface area contributed by atoms with E-state index in [0.717, 1.165) is 10.8 Å². The van der Waals surface area contributed by atoms with Gasteiger partial charge in [-0.05, 0) is 18.4 Å². The minimum atomic E-state index is -3.21. The minimum Gasteiger partial charge on any atom is -0.283 e. The molecule has 0 aliphatic rings. The lowest BCUT2D eigenvalue weighted by atomic mass is 10.1. The molecule has 0 unspecified atom stereocenters. The fourth-order valence-electron chi connectivity index (χ4n) is 1.55. The van der Waals surface area contributed by atoms with Gasteiger partial charge in [-0.1, -0.05) is 36.4 Å². The van der Waals surface area contributed by atoms with Crippen LogP contribution in [0.25, 0.3) is 10.8 Å². The lowest BCUT2D eigenvalue weighted by Crippen LogP contribution is -2.14. The van der Waals surface area contributed by atoms with E-state index in [1.54, 1.807) is 13.0 Å². The Morgan fingerprint density at radius 1 is 1.06 bits per heavy atom. The summed E-state index contributed by atoms with van der Waals surface area (Å²) < 4.78 is 25.6. The summed E-state index contributed by atoms with van der Waals surface area (Å²) in [6, 6.07) is 13.3. The first-order valence-electron chi connectivity index (χ1n) is 5.10. The summed E-state index contributed by atoms with van der Waals surface area (Å²) in [7, 11) is -3.21. The summed E-state index contributed by atoms with van der Waals surface area (Å²) in [6.07, 6.45) is 0. The number of rotatable bonds is 3. The molecule has 0 aliphatic heterocycles. The fourth-order valence-corrected chi connectivity index (χ4v) is 2.21. The molecule has 0 spiro atoms. The Labute approximate surface area is 95.2 Å². The third kappa shape index (κ3) is 2.17. The maximum absolute atomic E-state index is 11.5. The third-order valence-electron chi connectivity index (χ3n) is 2.44. The Hall–Kier alpha value is -1.55. The highest BCUT2D eigenvalue weighted by Gasteiger charge is 2.08. The van der Waals surface area contributed by atoms with Crippen LogP contribution in [0.15, 0.2) is 42.5 Å². The summed E-state index contributed by atoms with van der Waals surface area (Å²) in [5.41, 5.74) is 0.639. The van der Waals surface area contributed by atoms with E-state index in [1.165, 1.54) is 0 Å². The van der Waals surface area contributed by atoms with E-state index in [-0.39, 0.29) is 5.75 Å². The smallest absolute Gasteiger partial charge is 0.232 e. The SMILES string of the molecule is CCS(=O)(=O)Nc1cccc2ccccc12. The summed E-state index contributed by atoms with van der Waals surface area (Å²) in [5.74, 6) is 0.0796. The van der Waals surface area contributed by atoms with Gasteiger partial charge in [0.05, 0.1) is 11.4 Å². The van der Waals surface area contributed by atoms with E-state index in [9.17, 15) is 8.42 Å². The van der Waals surface area contributed by atoms with Gasteiger partial charge in [-0.15, -0.1) is 0 Å². The first kappa shape index (κ1) is 11.0. The predicted octanol–water partition coefficient (Wildman–Crippen LogP) is 2.60. The van der Waals surface area contributed by atoms with Crippen molar-refractivity contribution in [1.82, 2.24) is 0 Å². The number of benzene rings is 2. The van der Waals surface area contributed by atoms with Crippen LogP contribution < -0.4 is 4.72 Å². The van der Waals surface area contributed by atoms with Gasteiger partial charge in [-0.25, -0.2) is 8.42 Å². The molecule has 2 rings (SSSR count). The van der Waals surface area contributed by atoms with Gasteiger partial charge in [0.2, 0.25) is 10.0 Å². The van der Waals surface area contributed by atoms with E-state index in [1.807, 2.05) is 36.4 Å². The van der Waals surface area contributed by atoms with Crippen LogP contribution in [0.2, 0.25) is 0 Å². The predicted molar refractivity (Wildman–Crippen MR) is 67.0 cm³/mol. The highest BCUT2D eigenvalue weighted by atomic mass is 32.2. The Bertz CT molecular complexity index is 600. The lowest BCUT2D eigenvalue weighted by Gasteiger charge is -2.08. The highest BCUT2D eigenvalue weighted by molar-refractivity contribution is 7.92. The molecule has 0 bridgehead atoms. The van der Waals surface area contributed by atoms with Crippen molar-refractivity contribution in [3.63, 3.8) is 0 Å². The Kier molecular flexibility index (Phi) is 2.83. The molecule has 0 aliphatic carbocycles. The molecule has 1 N–H and O–H groups in total. The average Bonchev–Trinajstić information content (AvgIpc) is 2.29. The summed E-state index contributed by atoms with van der Waals surface area (Å²) >= 11 is 0. The second kappa shape index (κ2) is 4.14. The second-order valence-corrected chi connectivity index (χ2v) is 5.54. The van der Waals surface area contributed by atoms with Gasteiger partial charge in [0.25, 0.3) is 0 Å². The molecule has 3 nitrogen and oxygen atoms in total. The standard InChI is InChI=1S/C12H13NO2S/c1-2-16(14,15)13-12-9-5-7-10-6-3-4-8-11(10)12/h3-9,13H,2H2,1H3. The van der Waals surface area contributed by atoms with Crippen LogP contribution in [0.5, 0.6) is 0 Å². The molecular weight excluding hydrogens is 222 g/mol. The zero-order chi connectivity index (χ0) is 11.6. The van der Waals surface area contributed by atoms with Crippen LogP contribution in [-0.2, 0) is 10.0 Å². The zero-order valence-corrected chi connectivity index (χ0v) is 9.79. The summed E-state index contributed by atoms with van der Waals surface area (Å²) in [5, 5.41) is 1.95. The second-order valence-electron chi connectivity index (χ2n) is 3.53. The quantitative estimate of drug-likeness (QED) is 0.888. The Balaban J connectivity index is 2.53. The van der Waals surface area contributed by atoms with Crippen LogP contribution >= 0.6 is 0 Å². The number of hydrogen-bond donors (Lipinski definition) is 1. The number of anilines is 1. The lowest BCUT2D eigenvalue weighted by molar-refractivity contribution is 0.602. The fraction of sp³-hybridized carbons (Fsp3) is 0.167. The van der Waals surface area contributed by atoms with Crippen LogP contribution in [0.4, 0.5) is 5.69 Å². The van der Waals surface area contributed by atoms with E-state index in [2.05, 4.69) is 4.72 Å². The van der Waals surface area contributed by atoms with E-state index in [4.69, 9.17) is 0 Å². The van der Waals surface area contributed by atoms with Crippen LogP contribution in [0.3, 0.4) is 0 Å². The van der Waals surface area contributed by atoms with Gasteiger partial charge in [-0.3, -0.25) is 4.72 Å². The molecule has 84 valence electrons. The zero-order valence-electron chi connectivity index (χ0n) is 8.97. The molecule has 4 heteroatoms. The Morgan fingerprint density at radius 2 is 1.75 bits per heavy atom. The molecule has 0 radical (unpaired) electrons. The highest BCUT2D eigenvalue weighted by Crippen LogP contribution is 2.23. The van der Waals surface area contributed by atoms with Gasteiger partial charge >= 0.3 is 0 Å². The largest absolute Gasteiger partial charge is 0.283 e. The molecule has 2 aromatic carbocycles. The van der Waals surface area contributed by atoms with E-state index >= 15 is 0 Å². The van der Waals surface area contributed by atoms with Gasteiger partial charge in [-0.2, -0.15) is 0 Å². The maximum atomic E-state index is 11.5. The molecule has 16 heavy (non-hydrogen) atoms. The number of nitrogens with one attached hydrogen (secondary N) is 1. The number of sulfonamides is 1. The van der Waals surface area contributed by atoms with Crippen molar-refractivity contribution in [1.29, 1.82) is 0 Å². The molecule has 0 fully saturated rings. The van der Waals surface area contributed by atoms with Crippen molar-refractivity contribution in [2.24, 2.45) is 0 Å². The molecule has 0 amide bonds. The van der Waals surface area contributed by atoms with Crippen molar-refractivity contribution >= 4 is 26.5 Å². The molecule has 0 aromatic heterocycles. The van der Waals surface area contributed by atoms with Crippen molar-refractivity contribution in [3.8, 4) is 0 Å². The van der Waals surface area contributed by atoms with Crippen LogP contribution in [0.1, 0.15) is 6.92 Å². The van der Waals surface area contributed by atoms with E-state index in [0.29, 0.717) is 5.69 Å². The number of hydrogen-bond acceptors (Lipinski definition) is 2. The minimum absolute atomic E-state index is 0.0796. The third-order valence-corrected chi connectivity index (χ3v) is 3.73. The Morgan fingerprint density at radius 3 is 2.50 bits per heavy atom. The molecule has 0 atom stereocenters. The topological polar surface area (TPSA) is 46.2 Å². The van der Waals surface area contributed by atoms with Crippen molar-refractivity contribution in [2.75, 3.05) is 10.5 Å². The molecule has 0 saturated carbocycles. The van der Waals surface area contributed by atoms with E-state index < -0.39 is 10.0 Å². The van der Waals surface area contributed by atoms with Crippen molar-refractivity contribution in [2.45, 2.75) is 6.92 Å². The van der Waals surface area contributed by atoms with Crippen molar-refractivity contribution < 1.29 is 8.42 Å². The molecule has 2 aromatic rings. The summed E-state index contributed by atoms with van der Waals surface area (Å²) in [4.78, 5) is 0. The van der Waals surface area contributed by atoms with Crippen LogP contribution in [0, 0.1) is 0 Å².